The van der Waals surface area contributed by atoms with Crippen molar-refractivity contribution in [1.82, 2.24) is 20.4 Å². The van der Waals surface area contributed by atoms with Crippen LogP contribution in [0.15, 0.2) is 10.6 Å². The molecule has 3 rings (SSSR count). The summed E-state index contributed by atoms with van der Waals surface area (Å²) in [5.41, 5.74) is 4.82. The number of nitrogens with two attached hydrogens (primary N) is 1. The van der Waals surface area contributed by atoms with Gasteiger partial charge in [-0.1, -0.05) is 6.92 Å². The van der Waals surface area contributed by atoms with Gasteiger partial charge in [0.05, 0.1) is 24.5 Å². The zero-order valence-electron chi connectivity index (χ0n) is 18.8. The highest BCUT2D eigenvalue weighted by molar-refractivity contribution is 8.03. The van der Waals surface area contributed by atoms with Gasteiger partial charge in [-0.3, -0.25) is 14.4 Å². The molecule has 0 saturated carbocycles. The largest absolute Gasteiger partial charge is 0.477 e. The van der Waals surface area contributed by atoms with Crippen molar-refractivity contribution in [2.24, 2.45) is 17.6 Å². The Bertz CT molecular complexity index is 898. The summed E-state index contributed by atoms with van der Waals surface area (Å²) in [6.45, 7) is 2.57. The molecule has 6 atom stereocenters. The minimum Gasteiger partial charge on any atom is -0.477 e. The van der Waals surface area contributed by atoms with Crippen LogP contribution >= 0.6 is 11.8 Å². The number of nitrogens with one attached hydrogen (secondary N) is 2. The average Bonchev–Trinajstić information content (AvgIpc) is 3.29. The van der Waals surface area contributed by atoms with E-state index in [0.717, 1.165) is 0 Å². The second kappa shape index (κ2) is 9.18. The lowest BCUT2D eigenvalue weighted by molar-refractivity contribution is -0.160. The third-order valence-corrected chi connectivity index (χ3v) is 7.91. The Hall–Kier alpha value is -2.25. The van der Waals surface area contributed by atoms with Gasteiger partial charge in [0.25, 0.3) is 5.91 Å². The van der Waals surface area contributed by atoms with Gasteiger partial charge in [0, 0.05) is 42.8 Å². The lowest BCUT2D eigenvalue weighted by Crippen LogP contribution is -2.67. The molecule has 13 heteroatoms. The minimum atomic E-state index is -3.76. The van der Waals surface area contributed by atoms with Crippen LogP contribution in [-0.4, -0.2) is 95.1 Å². The molecule has 3 aliphatic rings. The normalized spacial score (nSPS) is 30.1. The van der Waals surface area contributed by atoms with Gasteiger partial charge in [0.1, 0.15) is 5.70 Å². The number of β-lactam (4-membered cyclic amide) rings is 1. The molecule has 2 saturated heterocycles. The maximum atomic E-state index is 13.6. The third kappa shape index (κ3) is 4.45. The second-order valence-corrected chi connectivity index (χ2v) is 10.2. The molecule has 33 heavy (non-hydrogen) atoms. The highest BCUT2D eigenvalue weighted by atomic mass is 32.2. The molecule has 0 spiro atoms. The van der Waals surface area contributed by atoms with Crippen LogP contribution in [0.3, 0.4) is 0 Å². The van der Waals surface area contributed by atoms with Crippen LogP contribution in [0.2, 0.25) is 0 Å². The Morgan fingerprint density at radius 1 is 1.39 bits per heavy atom. The van der Waals surface area contributed by atoms with E-state index in [1.165, 1.54) is 28.5 Å². The molecular formula is C20H29F2N5O5S. The molecule has 3 heterocycles. The van der Waals surface area contributed by atoms with Crippen molar-refractivity contribution in [3.05, 3.63) is 10.6 Å². The summed E-state index contributed by atoms with van der Waals surface area (Å²) in [7, 11) is 3.32. The predicted octanol–water partition coefficient (Wildman–Crippen LogP) is -0.590. The van der Waals surface area contributed by atoms with E-state index in [2.05, 4.69) is 10.6 Å². The first-order valence-corrected chi connectivity index (χ1v) is 11.5. The summed E-state index contributed by atoms with van der Waals surface area (Å²) in [5, 5.41) is 15.0. The van der Waals surface area contributed by atoms with E-state index in [1.807, 2.05) is 0 Å². The highest BCUT2D eigenvalue weighted by Crippen LogP contribution is 2.51. The number of fused-ring (bicyclic) bond motifs is 1. The Morgan fingerprint density at radius 3 is 2.58 bits per heavy atom. The SMILES string of the molecule is C[C@@H](NC(=O)C(F)(F)CN)[C@H]1C(=O)N2C(C(=O)O)=C(S[C@@H]3CN[C@H](C(=O)N(C)C)C3)[C@H](C)[C@@H]12. The Morgan fingerprint density at radius 2 is 2.03 bits per heavy atom. The fraction of sp³-hybridized carbons (Fsp3) is 0.700. The number of aliphatic carboxylic acids is 1. The fourth-order valence-electron chi connectivity index (χ4n) is 4.66. The fourth-order valence-corrected chi connectivity index (χ4v) is 6.14. The summed E-state index contributed by atoms with van der Waals surface area (Å²) < 4.78 is 27.1. The van der Waals surface area contributed by atoms with E-state index in [0.29, 0.717) is 17.9 Å². The number of carbonyl (C=O) groups is 4. The lowest BCUT2D eigenvalue weighted by atomic mass is 9.78. The topological polar surface area (TPSA) is 145 Å². The number of rotatable bonds is 8. The molecule has 2 fully saturated rings. The number of nitrogens with zero attached hydrogens (tertiary/aromatic N) is 2. The van der Waals surface area contributed by atoms with Gasteiger partial charge in [-0.25, -0.2) is 4.79 Å². The highest BCUT2D eigenvalue weighted by Gasteiger charge is 2.61. The van der Waals surface area contributed by atoms with Crippen LogP contribution in [0.4, 0.5) is 8.78 Å². The molecule has 0 aromatic carbocycles. The molecule has 0 aliphatic carbocycles. The minimum absolute atomic E-state index is 0.0667. The molecule has 0 unspecified atom stereocenters. The summed E-state index contributed by atoms with van der Waals surface area (Å²) >= 11 is 1.33. The molecule has 3 amide bonds. The van der Waals surface area contributed by atoms with Gasteiger partial charge in [0.2, 0.25) is 11.8 Å². The molecule has 5 N–H and O–H groups in total. The summed E-state index contributed by atoms with van der Waals surface area (Å²) in [6, 6.07) is -1.86. The van der Waals surface area contributed by atoms with Gasteiger partial charge >= 0.3 is 11.9 Å². The number of halogens is 2. The van der Waals surface area contributed by atoms with Crippen LogP contribution in [0.1, 0.15) is 20.3 Å². The van der Waals surface area contributed by atoms with Crippen molar-refractivity contribution in [2.75, 3.05) is 27.2 Å². The zero-order chi connectivity index (χ0) is 24.8. The van der Waals surface area contributed by atoms with Gasteiger partial charge < -0.3 is 31.3 Å². The Kier molecular flexibility index (Phi) is 7.06. The number of carboxylic acid groups (broad SMARTS) is 1. The maximum absolute atomic E-state index is 13.6. The number of hydrogen-bond donors (Lipinski definition) is 4. The second-order valence-electron chi connectivity index (χ2n) is 8.87. The first kappa shape index (κ1) is 25.4. The first-order valence-electron chi connectivity index (χ1n) is 10.6. The third-order valence-electron chi connectivity index (χ3n) is 6.40. The van der Waals surface area contributed by atoms with E-state index in [9.17, 15) is 33.1 Å². The van der Waals surface area contributed by atoms with Gasteiger partial charge in [-0.05, 0) is 13.3 Å². The van der Waals surface area contributed by atoms with E-state index < -0.39 is 48.3 Å². The van der Waals surface area contributed by atoms with Crippen LogP contribution in [0.25, 0.3) is 0 Å². The summed E-state index contributed by atoms with van der Waals surface area (Å²) in [6.07, 6.45) is 0.507. The molecule has 0 aromatic rings. The number of carbonyl (C=O) groups excluding carboxylic acids is 3. The van der Waals surface area contributed by atoms with E-state index in [1.54, 1.807) is 21.0 Å². The first-order chi connectivity index (χ1) is 15.3. The zero-order valence-corrected chi connectivity index (χ0v) is 19.6. The van der Waals surface area contributed by atoms with Crippen LogP contribution in [0, 0.1) is 11.8 Å². The van der Waals surface area contributed by atoms with Crippen molar-refractivity contribution < 1.29 is 33.1 Å². The molecule has 10 nitrogen and oxygen atoms in total. The number of amides is 3. The van der Waals surface area contributed by atoms with Crippen LogP contribution in [0.5, 0.6) is 0 Å². The summed E-state index contributed by atoms with van der Waals surface area (Å²) in [5.74, 6) is -8.39. The van der Waals surface area contributed by atoms with Crippen LogP contribution < -0.4 is 16.4 Å². The Labute approximate surface area is 194 Å². The molecular weight excluding hydrogens is 460 g/mol. The number of likely N-dealkylation sites (N-methyl/N-ethyl adjacent to an activating group) is 1. The van der Waals surface area contributed by atoms with Crippen molar-refractivity contribution in [3.63, 3.8) is 0 Å². The molecule has 0 aromatic heterocycles. The standard InChI is InChI=1S/C20H29F2N5O5S/c1-8-13-12(9(2)25-19(32)20(21,22)7-23)17(29)27(13)14(18(30)31)15(8)33-10-5-11(24-6-10)16(28)26(3)4/h8-13,24H,5-7,23H2,1-4H3,(H,25,32)(H,30,31)/t8-,9-,10+,11+,12-,13+/m1/s1. The number of alkyl halides is 2. The van der Waals surface area contributed by atoms with Gasteiger partial charge in [-0.2, -0.15) is 8.78 Å². The maximum Gasteiger partial charge on any atom is 0.353 e. The summed E-state index contributed by atoms with van der Waals surface area (Å²) in [4.78, 5) is 52.1. The molecule has 3 aliphatic heterocycles. The molecule has 0 radical (unpaired) electrons. The quantitative estimate of drug-likeness (QED) is 0.331. The van der Waals surface area contributed by atoms with E-state index in [-0.39, 0.29) is 28.8 Å². The molecule has 0 bridgehead atoms. The van der Waals surface area contributed by atoms with Crippen molar-refractivity contribution in [2.45, 2.75) is 49.6 Å². The lowest BCUT2D eigenvalue weighted by Gasteiger charge is -2.47. The monoisotopic (exact) mass is 489 g/mol. The van der Waals surface area contributed by atoms with Crippen LogP contribution in [-0.2, 0) is 19.2 Å². The number of hydrogen-bond acceptors (Lipinski definition) is 7. The van der Waals surface area contributed by atoms with Crippen molar-refractivity contribution in [3.8, 4) is 0 Å². The van der Waals surface area contributed by atoms with E-state index >= 15 is 0 Å². The van der Waals surface area contributed by atoms with Crippen molar-refractivity contribution in [1.29, 1.82) is 0 Å². The predicted molar refractivity (Wildman–Crippen MR) is 116 cm³/mol. The van der Waals surface area contributed by atoms with Gasteiger partial charge in [-0.15, -0.1) is 11.8 Å². The van der Waals surface area contributed by atoms with Gasteiger partial charge in [0.15, 0.2) is 0 Å². The smallest absolute Gasteiger partial charge is 0.353 e. The Balaban J connectivity index is 1.75. The van der Waals surface area contributed by atoms with Crippen molar-refractivity contribution >= 4 is 35.5 Å². The number of thioether (sulfide) groups is 1. The van der Waals surface area contributed by atoms with E-state index in [4.69, 9.17) is 5.73 Å². The molecule has 184 valence electrons. The average molecular weight is 490 g/mol. The number of carboxylic acids is 1.